The summed E-state index contributed by atoms with van der Waals surface area (Å²) in [5, 5.41) is 7.46. The van der Waals surface area contributed by atoms with Gasteiger partial charge in [-0.25, -0.2) is 4.98 Å². The molecule has 0 aromatic carbocycles. The van der Waals surface area contributed by atoms with Gasteiger partial charge < -0.3 is 15.6 Å². The number of aromatic amines is 1. The Morgan fingerprint density at radius 1 is 1.47 bits per heavy atom. The second kappa shape index (κ2) is 6.14. The Morgan fingerprint density at radius 2 is 2.32 bits per heavy atom. The fraction of sp³-hybridized carbons (Fsp3) is 0.250. The van der Waals surface area contributed by atoms with Crippen LogP contribution >= 0.6 is 11.3 Å². The lowest BCUT2D eigenvalue weighted by Gasteiger charge is -2.05. The maximum Gasteiger partial charge on any atom is 0.304 e. The van der Waals surface area contributed by atoms with Gasteiger partial charge >= 0.3 is 4.87 Å². The van der Waals surface area contributed by atoms with Crippen molar-refractivity contribution in [2.75, 3.05) is 11.9 Å². The van der Waals surface area contributed by atoms with E-state index >= 15 is 0 Å². The van der Waals surface area contributed by atoms with Crippen LogP contribution in [0.5, 0.6) is 0 Å². The minimum atomic E-state index is -0.220. The Kier molecular flexibility index (Phi) is 4.30. The molecule has 3 N–H and O–H groups in total. The van der Waals surface area contributed by atoms with Crippen LogP contribution in [-0.2, 0) is 6.54 Å². The van der Waals surface area contributed by atoms with Crippen LogP contribution in [0.4, 0.5) is 5.82 Å². The fourth-order valence-corrected chi connectivity index (χ4v) is 2.07. The highest BCUT2D eigenvalue weighted by Crippen LogP contribution is 2.05. The largest absolute Gasteiger partial charge is 0.370 e. The number of hydrogen-bond acceptors (Lipinski definition) is 5. The smallest absolute Gasteiger partial charge is 0.304 e. The topological polar surface area (TPSA) is 86.9 Å². The molecule has 2 rings (SSSR count). The molecule has 19 heavy (non-hydrogen) atoms. The summed E-state index contributed by atoms with van der Waals surface area (Å²) in [5.41, 5.74) is 1.18. The number of nitrogens with zero attached hydrogens (tertiary/aromatic N) is 1. The number of anilines is 1. The van der Waals surface area contributed by atoms with Crippen molar-refractivity contribution >= 4 is 23.1 Å². The normalized spacial score (nSPS) is 10.2. The number of aromatic nitrogens is 2. The molecule has 0 bridgehead atoms. The number of thiazole rings is 1. The van der Waals surface area contributed by atoms with Crippen LogP contribution in [-0.4, -0.2) is 22.4 Å². The molecule has 6 nitrogen and oxygen atoms in total. The highest BCUT2D eigenvalue weighted by molar-refractivity contribution is 7.07. The lowest BCUT2D eigenvalue weighted by molar-refractivity contribution is 0.0950. The zero-order valence-electron chi connectivity index (χ0n) is 10.4. The van der Waals surface area contributed by atoms with Crippen LogP contribution in [0.2, 0.25) is 0 Å². The van der Waals surface area contributed by atoms with Crippen molar-refractivity contribution in [2.24, 2.45) is 0 Å². The molecule has 0 radical (unpaired) electrons. The predicted molar refractivity (Wildman–Crippen MR) is 74.5 cm³/mol. The Labute approximate surface area is 113 Å². The maximum atomic E-state index is 11.8. The monoisotopic (exact) mass is 278 g/mol. The standard InChI is InChI=1S/C12H14N4O2S/c1-2-13-10-4-3-8(5-14-10)11(17)15-6-9-7-19-12(18)16-9/h3-5,7H,2,6H2,1H3,(H,13,14)(H,15,17)(H,16,18). The van der Waals surface area contributed by atoms with Gasteiger partial charge in [0.1, 0.15) is 5.82 Å². The molecule has 0 atom stereocenters. The maximum absolute atomic E-state index is 11.8. The first-order valence-electron chi connectivity index (χ1n) is 5.84. The van der Waals surface area contributed by atoms with Gasteiger partial charge in [0.15, 0.2) is 0 Å². The van der Waals surface area contributed by atoms with Crippen molar-refractivity contribution in [3.8, 4) is 0 Å². The summed E-state index contributed by atoms with van der Waals surface area (Å²) in [7, 11) is 0. The summed E-state index contributed by atoms with van der Waals surface area (Å²) < 4.78 is 0. The van der Waals surface area contributed by atoms with Crippen molar-refractivity contribution in [1.82, 2.24) is 15.3 Å². The second-order valence-corrected chi connectivity index (χ2v) is 4.66. The highest BCUT2D eigenvalue weighted by Gasteiger charge is 2.06. The average molecular weight is 278 g/mol. The number of carbonyl (C=O) groups excluding carboxylic acids is 1. The molecule has 2 heterocycles. The van der Waals surface area contributed by atoms with E-state index < -0.39 is 0 Å². The van der Waals surface area contributed by atoms with E-state index in [1.54, 1.807) is 17.5 Å². The van der Waals surface area contributed by atoms with E-state index in [-0.39, 0.29) is 10.8 Å². The summed E-state index contributed by atoms with van der Waals surface area (Å²) >= 11 is 1.08. The summed E-state index contributed by atoms with van der Waals surface area (Å²) in [6.07, 6.45) is 1.52. The first-order chi connectivity index (χ1) is 9.19. The average Bonchev–Trinajstić information content (AvgIpc) is 2.83. The first kappa shape index (κ1) is 13.3. The predicted octanol–water partition coefficient (Wildman–Crippen LogP) is 1.19. The molecule has 2 aromatic rings. The number of hydrogen-bond donors (Lipinski definition) is 3. The third-order valence-electron chi connectivity index (χ3n) is 2.39. The van der Waals surface area contributed by atoms with Gasteiger partial charge in [-0.1, -0.05) is 11.3 Å². The van der Waals surface area contributed by atoms with Gasteiger partial charge in [0.05, 0.1) is 12.1 Å². The highest BCUT2D eigenvalue weighted by atomic mass is 32.1. The van der Waals surface area contributed by atoms with Crippen molar-refractivity contribution in [1.29, 1.82) is 0 Å². The zero-order valence-corrected chi connectivity index (χ0v) is 11.2. The molecule has 0 spiro atoms. The summed E-state index contributed by atoms with van der Waals surface area (Å²) in [5.74, 6) is 0.517. The van der Waals surface area contributed by atoms with E-state index in [0.717, 1.165) is 23.7 Å². The summed E-state index contributed by atoms with van der Waals surface area (Å²) in [6, 6.07) is 3.46. The van der Waals surface area contributed by atoms with Gasteiger partial charge in [-0.3, -0.25) is 9.59 Å². The number of rotatable bonds is 5. The summed E-state index contributed by atoms with van der Waals surface area (Å²) in [4.78, 5) is 29.4. The molecule has 0 saturated heterocycles. The molecule has 0 aliphatic heterocycles. The Morgan fingerprint density at radius 3 is 2.89 bits per heavy atom. The number of pyridine rings is 1. The Bertz CT molecular complexity index is 603. The summed E-state index contributed by atoms with van der Waals surface area (Å²) in [6.45, 7) is 3.06. The van der Waals surface area contributed by atoms with Crippen molar-refractivity contribution in [3.05, 3.63) is 44.6 Å². The van der Waals surface area contributed by atoms with Gasteiger partial charge in [0.25, 0.3) is 5.91 Å². The van der Waals surface area contributed by atoms with Crippen LogP contribution < -0.4 is 15.5 Å². The quantitative estimate of drug-likeness (QED) is 0.767. The van der Waals surface area contributed by atoms with Gasteiger partial charge in [-0.05, 0) is 19.1 Å². The van der Waals surface area contributed by atoms with E-state index in [2.05, 4.69) is 20.6 Å². The van der Waals surface area contributed by atoms with Gasteiger partial charge in [0.2, 0.25) is 0 Å². The van der Waals surface area contributed by atoms with E-state index in [1.165, 1.54) is 6.20 Å². The lowest BCUT2D eigenvalue weighted by Crippen LogP contribution is -2.23. The van der Waals surface area contributed by atoms with Crippen LogP contribution in [0.3, 0.4) is 0 Å². The molecule has 1 amide bonds. The number of H-pyrrole nitrogens is 1. The zero-order chi connectivity index (χ0) is 13.7. The van der Waals surface area contributed by atoms with Crippen LogP contribution in [0, 0.1) is 0 Å². The van der Waals surface area contributed by atoms with Crippen molar-refractivity contribution in [2.45, 2.75) is 13.5 Å². The van der Waals surface area contributed by atoms with Gasteiger partial charge in [-0.2, -0.15) is 0 Å². The second-order valence-electron chi connectivity index (χ2n) is 3.82. The van der Waals surface area contributed by atoms with Gasteiger partial charge in [0, 0.05) is 23.8 Å². The van der Waals surface area contributed by atoms with Crippen LogP contribution in [0.25, 0.3) is 0 Å². The first-order valence-corrected chi connectivity index (χ1v) is 6.72. The van der Waals surface area contributed by atoms with Crippen molar-refractivity contribution < 1.29 is 4.79 Å². The third kappa shape index (κ3) is 3.65. The number of nitrogens with one attached hydrogen (secondary N) is 3. The number of amides is 1. The lowest BCUT2D eigenvalue weighted by atomic mass is 10.2. The molecule has 0 saturated carbocycles. The van der Waals surface area contributed by atoms with Crippen LogP contribution in [0.1, 0.15) is 23.0 Å². The Hall–Kier alpha value is -2.15. The molecular weight excluding hydrogens is 264 g/mol. The van der Waals surface area contributed by atoms with Gasteiger partial charge in [-0.15, -0.1) is 0 Å². The molecule has 0 aliphatic rings. The molecule has 0 fully saturated rings. The molecule has 7 heteroatoms. The molecule has 0 aliphatic carbocycles. The SMILES string of the molecule is CCNc1ccc(C(=O)NCc2csc(=O)[nH]2)cn1. The van der Waals surface area contributed by atoms with Crippen LogP contribution in [0.15, 0.2) is 28.5 Å². The van der Waals surface area contributed by atoms with Crippen molar-refractivity contribution in [3.63, 3.8) is 0 Å². The molecule has 0 unspecified atom stereocenters. The van der Waals surface area contributed by atoms with E-state index in [0.29, 0.717) is 17.8 Å². The van der Waals surface area contributed by atoms with E-state index in [4.69, 9.17) is 0 Å². The van der Waals surface area contributed by atoms with E-state index in [9.17, 15) is 9.59 Å². The Balaban J connectivity index is 1.94. The minimum absolute atomic E-state index is 0.124. The fourth-order valence-electron chi connectivity index (χ4n) is 1.49. The third-order valence-corrected chi connectivity index (χ3v) is 3.11. The molecule has 100 valence electrons. The minimum Gasteiger partial charge on any atom is -0.370 e. The molecular formula is C12H14N4O2S. The molecule has 2 aromatic heterocycles. The number of carbonyl (C=O) groups is 1. The van der Waals surface area contributed by atoms with E-state index in [1.807, 2.05) is 6.92 Å².